The van der Waals surface area contributed by atoms with E-state index in [2.05, 4.69) is 69.8 Å². The van der Waals surface area contributed by atoms with E-state index in [1.807, 2.05) is 18.2 Å². The molecule has 196 valence electrons. The lowest BCUT2D eigenvalue weighted by Gasteiger charge is -2.35. The van der Waals surface area contributed by atoms with Crippen LogP contribution < -0.4 is 10.6 Å². The van der Waals surface area contributed by atoms with Crippen molar-refractivity contribution in [2.24, 2.45) is 11.1 Å². The predicted octanol–water partition coefficient (Wildman–Crippen LogP) is 5.54. The van der Waals surface area contributed by atoms with Gasteiger partial charge in [-0.3, -0.25) is 4.79 Å². The van der Waals surface area contributed by atoms with Crippen LogP contribution in [0.3, 0.4) is 0 Å². The van der Waals surface area contributed by atoms with Crippen LogP contribution in [0.5, 0.6) is 0 Å². The number of hydrogen-bond acceptors (Lipinski definition) is 5. The van der Waals surface area contributed by atoms with Crippen LogP contribution in [-0.4, -0.2) is 41.4 Å². The summed E-state index contributed by atoms with van der Waals surface area (Å²) in [7, 11) is 4.13. The van der Waals surface area contributed by atoms with E-state index in [9.17, 15) is 4.79 Å². The number of rotatable bonds is 9. The summed E-state index contributed by atoms with van der Waals surface area (Å²) in [5.74, 6) is 1.58. The van der Waals surface area contributed by atoms with E-state index in [-0.39, 0.29) is 5.41 Å². The Labute approximate surface area is 221 Å². The molecule has 0 aliphatic heterocycles. The van der Waals surface area contributed by atoms with Crippen LogP contribution in [-0.2, 0) is 25.9 Å². The van der Waals surface area contributed by atoms with Crippen LogP contribution in [0.15, 0.2) is 42.5 Å². The summed E-state index contributed by atoms with van der Waals surface area (Å²) in [6, 6.07) is 14.1. The average Bonchev–Trinajstić information content (AvgIpc) is 2.84. The van der Waals surface area contributed by atoms with Gasteiger partial charge in [-0.2, -0.15) is 0 Å². The molecule has 0 unspecified atom stereocenters. The van der Waals surface area contributed by atoms with Crippen LogP contribution in [0.1, 0.15) is 72.2 Å². The van der Waals surface area contributed by atoms with E-state index in [1.54, 1.807) is 6.07 Å². The smallest absolute Gasteiger partial charge is 0.248 e. The van der Waals surface area contributed by atoms with Crippen molar-refractivity contribution in [3.8, 4) is 11.1 Å². The van der Waals surface area contributed by atoms with Gasteiger partial charge in [0.15, 0.2) is 0 Å². The van der Waals surface area contributed by atoms with Crippen LogP contribution >= 0.6 is 0 Å². The van der Waals surface area contributed by atoms with Gasteiger partial charge < -0.3 is 15.5 Å². The summed E-state index contributed by atoms with van der Waals surface area (Å²) >= 11 is 0. The zero-order valence-electron chi connectivity index (χ0n) is 23.3. The van der Waals surface area contributed by atoms with Gasteiger partial charge in [-0.15, -0.1) is 0 Å². The fraction of sp³-hybridized carbons (Fsp3) is 0.452. The summed E-state index contributed by atoms with van der Waals surface area (Å²) in [4.78, 5) is 26.5. The van der Waals surface area contributed by atoms with Crippen molar-refractivity contribution in [1.82, 2.24) is 14.9 Å². The first-order valence-corrected chi connectivity index (χ1v) is 13.3. The number of aromatic nitrogens is 2. The van der Waals surface area contributed by atoms with Crippen molar-refractivity contribution in [3.05, 3.63) is 76.2 Å². The number of amides is 1. The Balaban J connectivity index is 1.75. The third-order valence-electron chi connectivity index (χ3n) is 7.25. The summed E-state index contributed by atoms with van der Waals surface area (Å²) < 4.78 is 0. The zero-order chi connectivity index (χ0) is 26.7. The summed E-state index contributed by atoms with van der Waals surface area (Å²) in [6.07, 6.45) is 4.18. The highest BCUT2D eigenvalue weighted by Gasteiger charge is 2.31. The Kier molecular flexibility index (Phi) is 7.98. The maximum atomic E-state index is 11.7. The van der Waals surface area contributed by atoms with Gasteiger partial charge in [-0.25, -0.2) is 9.97 Å². The van der Waals surface area contributed by atoms with Crippen molar-refractivity contribution >= 4 is 11.7 Å². The van der Waals surface area contributed by atoms with Gasteiger partial charge in [0.2, 0.25) is 5.91 Å². The van der Waals surface area contributed by atoms with Crippen LogP contribution in [0.25, 0.3) is 11.1 Å². The van der Waals surface area contributed by atoms with E-state index in [0.717, 1.165) is 68.1 Å². The molecule has 0 atom stereocenters. The molecule has 0 radical (unpaired) electrons. The Bertz CT molecular complexity index is 1280. The standard InChI is InChI=1S/C31H41N5O/c1-7-15-36(30-26-18-31(3,4)14-13-27(26)33-28(34-30)20-35(5)6)19-25-17-23(12-11-21(25)2)22-9-8-10-24(16-22)29(32)37/h8-12,16-17H,7,13-15,18-20H2,1-6H3,(H2,32,37). The first-order valence-electron chi connectivity index (χ1n) is 13.3. The SMILES string of the molecule is CCCN(Cc1cc(-c2cccc(C(N)=O)c2)ccc1C)c1nc(CN(C)C)nc2c1CC(C)(C)CC2. The highest BCUT2D eigenvalue weighted by atomic mass is 16.1. The van der Waals surface area contributed by atoms with Crippen molar-refractivity contribution in [3.63, 3.8) is 0 Å². The number of nitrogens with two attached hydrogens (primary N) is 1. The van der Waals surface area contributed by atoms with Crippen molar-refractivity contribution in [1.29, 1.82) is 0 Å². The second-order valence-electron chi connectivity index (χ2n) is 11.5. The molecule has 1 amide bonds. The third-order valence-corrected chi connectivity index (χ3v) is 7.25. The minimum absolute atomic E-state index is 0.243. The number of hydrogen-bond donors (Lipinski definition) is 1. The fourth-order valence-electron chi connectivity index (χ4n) is 5.20. The molecule has 0 spiro atoms. The first kappa shape index (κ1) is 26.8. The second-order valence-corrected chi connectivity index (χ2v) is 11.5. The monoisotopic (exact) mass is 499 g/mol. The topological polar surface area (TPSA) is 75.3 Å². The summed E-state index contributed by atoms with van der Waals surface area (Å²) in [5, 5.41) is 0. The molecule has 1 aliphatic carbocycles. The maximum absolute atomic E-state index is 11.7. The molecular weight excluding hydrogens is 458 g/mol. The van der Waals surface area contributed by atoms with Crippen LogP contribution in [0, 0.1) is 12.3 Å². The highest BCUT2D eigenvalue weighted by molar-refractivity contribution is 5.94. The summed E-state index contributed by atoms with van der Waals surface area (Å²) in [6.45, 7) is 11.5. The molecule has 1 heterocycles. The molecule has 0 bridgehead atoms. The number of anilines is 1. The molecule has 2 aromatic carbocycles. The van der Waals surface area contributed by atoms with E-state index in [1.165, 1.54) is 22.4 Å². The average molecular weight is 500 g/mol. The Morgan fingerprint density at radius 2 is 1.81 bits per heavy atom. The molecule has 1 aromatic heterocycles. The van der Waals surface area contributed by atoms with Gasteiger partial charge in [-0.05, 0) is 92.6 Å². The molecule has 3 aromatic rings. The normalized spacial score (nSPS) is 14.5. The molecule has 1 aliphatic rings. The van der Waals surface area contributed by atoms with Crippen LogP contribution in [0.2, 0.25) is 0 Å². The van der Waals surface area contributed by atoms with E-state index >= 15 is 0 Å². The molecular formula is C31H41N5O. The van der Waals surface area contributed by atoms with Gasteiger partial charge in [0, 0.05) is 29.9 Å². The number of fused-ring (bicyclic) bond motifs is 1. The van der Waals surface area contributed by atoms with Gasteiger partial charge >= 0.3 is 0 Å². The number of carbonyl (C=O) groups excluding carboxylic acids is 1. The largest absolute Gasteiger partial charge is 0.366 e. The minimum atomic E-state index is -0.409. The van der Waals surface area contributed by atoms with E-state index < -0.39 is 5.91 Å². The van der Waals surface area contributed by atoms with E-state index in [4.69, 9.17) is 15.7 Å². The number of nitrogens with zero attached hydrogens (tertiary/aromatic N) is 4. The lowest BCUT2D eigenvalue weighted by molar-refractivity contribution is 0.100. The predicted molar refractivity (Wildman–Crippen MR) is 152 cm³/mol. The zero-order valence-corrected chi connectivity index (χ0v) is 23.3. The minimum Gasteiger partial charge on any atom is -0.366 e. The second kappa shape index (κ2) is 11.0. The molecule has 0 fully saturated rings. The van der Waals surface area contributed by atoms with Crippen molar-refractivity contribution in [2.45, 2.75) is 66.5 Å². The quantitative estimate of drug-likeness (QED) is 0.418. The number of carbonyl (C=O) groups is 1. The molecule has 37 heavy (non-hydrogen) atoms. The lowest BCUT2D eigenvalue weighted by atomic mass is 9.76. The lowest BCUT2D eigenvalue weighted by Crippen LogP contribution is -2.32. The molecule has 6 nitrogen and oxygen atoms in total. The van der Waals surface area contributed by atoms with Gasteiger partial charge in [0.25, 0.3) is 0 Å². The Morgan fingerprint density at radius 1 is 1.05 bits per heavy atom. The Morgan fingerprint density at radius 3 is 2.51 bits per heavy atom. The molecule has 0 saturated heterocycles. The van der Waals surface area contributed by atoms with Gasteiger partial charge in [-0.1, -0.05) is 45.0 Å². The molecule has 2 N–H and O–H groups in total. The highest BCUT2D eigenvalue weighted by Crippen LogP contribution is 2.38. The molecule has 0 saturated carbocycles. The number of aryl methyl sites for hydroxylation is 2. The van der Waals surface area contributed by atoms with Crippen LogP contribution in [0.4, 0.5) is 5.82 Å². The number of primary amides is 1. The Hall–Kier alpha value is -3.25. The fourth-order valence-corrected chi connectivity index (χ4v) is 5.20. The summed E-state index contributed by atoms with van der Waals surface area (Å²) in [5.41, 5.74) is 13.4. The van der Waals surface area contributed by atoms with Crippen molar-refractivity contribution in [2.75, 3.05) is 25.5 Å². The third kappa shape index (κ3) is 6.37. The maximum Gasteiger partial charge on any atom is 0.248 e. The van der Waals surface area contributed by atoms with Gasteiger partial charge in [0.05, 0.1) is 6.54 Å². The first-order chi connectivity index (χ1) is 17.6. The number of benzene rings is 2. The van der Waals surface area contributed by atoms with Crippen molar-refractivity contribution < 1.29 is 4.79 Å². The van der Waals surface area contributed by atoms with Gasteiger partial charge in [0.1, 0.15) is 11.6 Å². The van der Waals surface area contributed by atoms with E-state index in [0.29, 0.717) is 5.56 Å². The molecule has 4 rings (SSSR count). The molecule has 6 heteroatoms.